The lowest BCUT2D eigenvalue weighted by atomic mass is 10.1. The van der Waals surface area contributed by atoms with Crippen molar-refractivity contribution in [1.29, 1.82) is 0 Å². The van der Waals surface area contributed by atoms with E-state index in [1.165, 1.54) is 0 Å². The summed E-state index contributed by atoms with van der Waals surface area (Å²) in [6.07, 6.45) is 0. The van der Waals surface area contributed by atoms with Crippen LogP contribution in [-0.2, 0) is 6.54 Å². The molecule has 0 aliphatic carbocycles. The van der Waals surface area contributed by atoms with Gasteiger partial charge in [-0.25, -0.2) is 4.79 Å². The molecular formula is C17H21N3O. The zero-order valence-electron chi connectivity index (χ0n) is 12.4. The molecule has 0 spiro atoms. The van der Waals surface area contributed by atoms with Gasteiger partial charge in [0.2, 0.25) is 0 Å². The van der Waals surface area contributed by atoms with Gasteiger partial charge in [0.25, 0.3) is 0 Å². The number of benzene rings is 2. The Bertz CT molecular complexity index is 596. The van der Waals surface area contributed by atoms with E-state index in [-0.39, 0.29) is 12.1 Å². The van der Waals surface area contributed by atoms with Gasteiger partial charge in [-0.3, -0.25) is 0 Å². The van der Waals surface area contributed by atoms with Crippen LogP contribution in [0.15, 0.2) is 54.6 Å². The summed E-state index contributed by atoms with van der Waals surface area (Å²) >= 11 is 0. The van der Waals surface area contributed by atoms with Gasteiger partial charge in [-0.1, -0.05) is 42.5 Å². The minimum absolute atomic E-state index is 0.0519. The number of carbonyl (C=O) groups excluding carboxylic acids is 1. The van der Waals surface area contributed by atoms with Crippen LogP contribution in [-0.4, -0.2) is 18.0 Å². The molecule has 0 fully saturated rings. The first-order valence-corrected chi connectivity index (χ1v) is 6.98. The average Bonchev–Trinajstić information content (AvgIpc) is 2.48. The van der Waals surface area contributed by atoms with Crippen molar-refractivity contribution < 1.29 is 4.79 Å². The molecule has 2 aromatic carbocycles. The third kappa shape index (κ3) is 4.33. The first-order valence-electron chi connectivity index (χ1n) is 6.98. The normalized spacial score (nSPS) is 11.8. The zero-order valence-corrected chi connectivity index (χ0v) is 12.4. The Labute approximate surface area is 125 Å². The minimum atomic E-state index is -0.138. The van der Waals surface area contributed by atoms with E-state index in [9.17, 15) is 4.79 Å². The smallest absolute Gasteiger partial charge is 0.321 e. The molecule has 0 saturated heterocycles. The second-order valence-corrected chi connectivity index (χ2v) is 5.19. The SMILES string of the molecule is CC(N)c1cccc(NC(=O)N(C)Cc2ccccc2)c1. The fourth-order valence-corrected chi connectivity index (χ4v) is 2.05. The zero-order chi connectivity index (χ0) is 15.2. The maximum atomic E-state index is 12.2. The Balaban J connectivity index is 1.99. The van der Waals surface area contributed by atoms with Gasteiger partial charge >= 0.3 is 6.03 Å². The van der Waals surface area contributed by atoms with Crippen LogP contribution in [0.25, 0.3) is 0 Å². The van der Waals surface area contributed by atoms with Gasteiger partial charge in [0.1, 0.15) is 0 Å². The van der Waals surface area contributed by atoms with Gasteiger partial charge in [-0.05, 0) is 30.2 Å². The number of nitrogens with two attached hydrogens (primary N) is 1. The molecule has 1 atom stereocenters. The van der Waals surface area contributed by atoms with Crippen LogP contribution in [0.1, 0.15) is 24.1 Å². The van der Waals surface area contributed by atoms with Crippen molar-refractivity contribution >= 4 is 11.7 Å². The van der Waals surface area contributed by atoms with Crippen molar-refractivity contribution in [2.75, 3.05) is 12.4 Å². The highest BCUT2D eigenvalue weighted by atomic mass is 16.2. The molecule has 0 aliphatic heterocycles. The van der Waals surface area contributed by atoms with Gasteiger partial charge in [0.05, 0.1) is 0 Å². The summed E-state index contributed by atoms with van der Waals surface area (Å²) in [7, 11) is 1.78. The van der Waals surface area contributed by atoms with Crippen LogP contribution in [0.4, 0.5) is 10.5 Å². The molecule has 110 valence electrons. The number of rotatable bonds is 4. The number of hydrogen-bond donors (Lipinski definition) is 2. The Kier molecular flexibility index (Phi) is 4.95. The van der Waals surface area contributed by atoms with E-state index < -0.39 is 0 Å². The number of anilines is 1. The van der Waals surface area contributed by atoms with E-state index >= 15 is 0 Å². The fourth-order valence-electron chi connectivity index (χ4n) is 2.05. The summed E-state index contributed by atoms with van der Waals surface area (Å²) in [5.74, 6) is 0. The van der Waals surface area contributed by atoms with Crippen molar-refractivity contribution in [3.8, 4) is 0 Å². The van der Waals surface area contributed by atoms with Crippen LogP contribution in [0.3, 0.4) is 0 Å². The van der Waals surface area contributed by atoms with E-state index in [1.807, 2.05) is 61.5 Å². The summed E-state index contributed by atoms with van der Waals surface area (Å²) in [6, 6.07) is 17.3. The molecule has 0 radical (unpaired) electrons. The van der Waals surface area contributed by atoms with Crippen LogP contribution in [0.2, 0.25) is 0 Å². The van der Waals surface area contributed by atoms with Crippen molar-refractivity contribution in [3.63, 3.8) is 0 Å². The van der Waals surface area contributed by atoms with Gasteiger partial charge in [-0.2, -0.15) is 0 Å². The minimum Gasteiger partial charge on any atom is -0.324 e. The van der Waals surface area contributed by atoms with Crippen LogP contribution < -0.4 is 11.1 Å². The maximum absolute atomic E-state index is 12.2. The van der Waals surface area contributed by atoms with E-state index in [1.54, 1.807) is 11.9 Å². The lowest BCUT2D eigenvalue weighted by Crippen LogP contribution is -2.30. The number of nitrogens with one attached hydrogen (secondary N) is 1. The molecule has 0 bridgehead atoms. The average molecular weight is 283 g/mol. The van der Waals surface area contributed by atoms with Gasteiger partial charge < -0.3 is 16.0 Å². The van der Waals surface area contributed by atoms with Crippen molar-refractivity contribution in [2.24, 2.45) is 5.73 Å². The standard InChI is InChI=1S/C17H21N3O/c1-13(18)15-9-6-10-16(11-15)19-17(21)20(2)12-14-7-4-3-5-8-14/h3-11,13H,12,18H2,1-2H3,(H,19,21). The van der Waals surface area contributed by atoms with Crippen molar-refractivity contribution in [3.05, 3.63) is 65.7 Å². The number of carbonyl (C=O) groups is 1. The van der Waals surface area contributed by atoms with Gasteiger partial charge in [0, 0.05) is 25.3 Å². The highest BCUT2D eigenvalue weighted by Gasteiger charge is 2.10. The van der Waals surface area contributed by atoms with Crippen LogP contribution in [0.5, 0.6) is 0 Å². The number of amides is 2. The second kappa shape index (κ2) is 6.90. The lowest BCUT2D eigenvalue weighted by molar-refractivity contribution is 0.220. The topological polar surface area (TPSA) is 58.4 Å². The molecule has 21 heavy (non-hydrogen) atoms. The van der Waals surface area contributed by atoms with Crippen molar-refractivity contribution in [1.82, 2.24) is 4.90 Å². The molecule has 4 nitrogen and oxygen atoms in total. The molecule has 0 saturated carbocycles. The molecule has 3 N–H and O–H groups in total. The largest absolute Gasteiger partial charge is 0.324 e. The summed E-state index contributed by atoms with van der Waals surface area (Å²) < 4.78 is 0. The highest BCUT2D eigenvalue weighted by Crippen LogP contribution is 2.16. The highest BCUT2D eigenvalue weighted by molar-refractivity contribution is 5.89. The number of urea groups is 1. The van der Waals surface area contributed by atoms with E-state index in [0.717, 1.165) is 16.8 Å². The molecule has 4 heteroatoms. The Morgan fingerprint density at radius 3 is 2.57 bits per heavy atom. The maximum Gasteiger partial charge on any atom is 0.321 e. The fraction of sp³-hybridized carbons (Fsp3) is 0.235. The first kappa shape index (κ1) is 15.1. The molecule has 0 aliphatic rings. The van der Waals surface area contributed by atoms with Gasteiger partial charge in [-0.15, -0.1) is 0 Å². The number of nitrogens with zero attached hydrogens (tertiary/aromatic N) is 1. The van der Waals surface area contributed by atoms with Crippen LogP contribution >= 0.6 is 0 Å². The summed E-state index contributed by atoms with van der Waals surface area (Å²) in [6.45, 7) is 2.49. The predicted molar refractivity (Wildman–Crippen MR) is 86.0 cm³/mol. The molecule has 1 unspecified atom stereocenters. The molecule has 0 heterocycles. The monoisotopic (exact) mass is 283 g/mol. The second-order valence-electron chi connectivity index (χ2n) is 5.19. The van der Waals surface area contributed by atoms with E-state index in [2.05, 4.69) is 5.32 Å². The first-order chi connectivity index (χ1) is 10.1. The summed E-state index contributed by atoms with van der Waals surface area (Å²) in [5, 5.41) is 2.89. The Hall–Kier alpha value is -2.33. The Morgan fingerprint density at radius 2 is 1.90 bits per heavy atom. The van der Waals surface area contributed by atoms with E-state index in [0.29, 0.717) is 6.54 Å². The predicted octanol–water partition coefficient (Wildman–Crippen LogP) is 3.37. The molecule has 2 aromatic rings. The molecule has 2 amide bonds. The quantitative estimate of drug-likeness (QED) is 0.903. The van der Waals surface area contributed by atoms with Crippen molar-refractivity contribution in [2.45, 2.75) is 19.5 Å². The lowest BCUT2D eigenvalue weighted by Gasteiger charge is -2.18. The molecule has 0 aromatic heterocycles. The Morgan fingerprint density at radius 1 is 1.19 bits per heavy atom. The van der Waals surface area contributed by atoms with E-state index in [4.69, 9.17) is 5.73 Å². The molecular weight excluding hydrogens is 262 g/mol. The van der Waals surface area contributed by atoms with Crippen LogP contribution in [0, 0.1) is 0 Å². The summed E-state index contributed by atoms with van der Waals surface area (Å²) in [5.41, 5.74) is 8.71. The number of hydrogen-bond acceptors (Lipinski definition) is 2. The van der Waals surface area contributed by atoms with Gasteiger partial charge in [0.15, 0.2) is 0 Å². The third-order valence-corrected chi connectivity index (χ3v) is 3.27. The molecule has 2 rings (SSSR count). The summed E-state index contributed by atoms with van der Waals surface area (Å²) in [4.78, 5) is 13.8. The third-order valence-electron chi connectivity index (χ3n) is 3.27.